The van der Waals surface area contributed by atoms with Gasteiger partial charge < -0.3 is 15.6 Å². The second kappa shape index (κ2) is 4.16. The van der Waals surface area contributed by atoms with E-state index in [0.29, 0.717) is 6.54 Å². The fraction of sp³-hybridized carbons (Fsp3) is 0.273. The second-order valence-electron chi connectivity index (χ2n) is 3.52. The Balaban J connectivity index is 2.31. The molecule has 5 heteroatoms. The van der Waals surface area contributed by atoms with Crippen LogP contribution in [-0.2, 0) is 4.79 Å². The van der Waals surface area contributed by atoms with Crippen LogP contribution in [0.15, 0.2) is 24.3 Å². The number of nitrogens with one attached hydrogen (secondary N) is 1. The summed E-state index contributed by atoms with van der Waals surface area (Å²) in [6.45, 7) is 0.463. The van der Waals surface area contributed by atoms with Gasteiger partial charge in [0.05, 0.1) is 7.11 Å². The summed E-state index contributed by atoms with van der Waals surface area (Å²) in [5.41, 5.74) is 9.85. The minimum absolute atomic E-state index is 0.158. The molecule has 1 aromatic carbocycles. The molecule has 1 fully saturated rings. The quantitative estimate of drug-likeness (QED) is 0.581. The summed E-state index contributed by atoms with van der Waals surface area (Å²) < 4.78 is 5.04. The van der Waals surface area contributed by atoms with E-state index in [-0.39, 0.29) is 17.5 Å². The van der Waals surface area contributed by atoms with E-state index in [4.69, 9.17) is 10.3 Å². The first-order valence-corrected chi connectivity index (χ1v) is 4.90. The van der Waals surface area contributed by atoms with Gasteiger partial charge in [-0.3, -0.25) is 4.79 Å². The third-order valence-corrected chi connectivity index (χ3v) is 2.66. The average Bonchev–Trinajstić information content (AvgIpc) is 2.70. The molecule has 0 bridgehead atoms. The number of carbonyl (C=O) groups is 1. The van der Waals surface area contributed by atoms with E-state index >= 15 is 0 Å². The predicted molar refractivity (Wildman–Crippen MR) is 57.4 cm³/mol. The number of rotatable bonds is 2. The number of carbonyl (C=O) groups excluding carboxylic acids is 1. The molecule has 0 radical (unpaired) electrons. The number of hydrogen-bond donors (Lipinski definition) is 1. The van der Waals surface area contributed by atoms with Crippen molar-refractivity contribution in [3.8, 4) is 5.75 Å². The summed E-state index contributed by atoms with van der Waals surface area (Å²) in [4.78, 5) is 14.3. The van der Waals surface area contributed by atoms with Crippen molar-refractivity contribution < 1.29 is 14.3 Å². The Morgan fingerprint density at radius 2 is 2.12 bits per heavy atom. The fourth-order valence-corrected chi connectivity index (χ4v) is 1.77. The molecule has 1 aliphatic rings. The normalized spacial score (nSPS) is 19.2. The SMILES string of the molecule is COc1ccc(C2CNC(=O)C2=[N+]=[N-])cc1. The van der Waals surface area contributed by atoms with Crippen molar-refractivity contribution in [2.75, 3.05) is 13.7 Å². The minimum Gasteiger partial charge on any atom is -0.497 e. The highest BCUT2D eigenvalue weighted by atomic mass is 16.5. The number of benzene rings is 1. The predicted octanol–water partition coefficient (Wildman–Crippen LogP) is 0.579. The Morgan fingerprint density at radius 1 is 1.44 bits per heavy atom. The smallest absolute Gasteiger partial charge is 0.364 e. The van der Waals surface area contributed by atoms with E-state index < -0.39 is 0 Å². The summed E-state index contributed by atoms with van der Waals surface area (Å²) in [5, 5.41) is 2.64. The maximum absolute atomic E-state index is 11.3. The van der Waals surface area contributed by atoms with Crippen LogP contribution in [-0.4, -0.2) is 30.1 Å². The van der Waals surface area contributed by atoms with Crippen LogP contribution in [0.5, 0.6) is 5.75 Å². The van der Waals surface area contributed by atoms with Gasteiger partial charge in [0.15, 0.2) is 0 Å². The molecular formula is C11H11N3O2. The largest absolute Gasteiger partial charge is 0.497 e. The number of nitrogens with zero attached hydrogens (tertiary/aromatic N) is 2. The minimum atomic E-state index is -0.316. The van der Waals surface area contributed by atoms with Crippen molar-refractivity contribution in [3.63, 3.8) is 0 Å². The van der Waals surface area contributed by atoms with Gasteiger partial charge in [-0.05, 0) is 17.7 Å². The van der Waals surface area contributed by atoms with Gasteiger partial charge in [0.1, 0.15) is 11.7 Å². The average molecular weight is 217 g/mol. The molecule has 82 valence electrons. The standard InChI is InChI=1S/C11H11N3O2/c1-16-8-4-2-7(3-5-8)9-6-13-11(15)10(9)14-12/h2-5,9H,6H2,1H3,(H,13,15). The van der Waals surface area contributed by atoms with E-state index in [1.165, 1.54) is 0 Å². The summed E-state index contributed by atoms with van der Waals surface area (Å²) in [6, 6.07) is 7.34. The molecule has 16 heavy (non-hydrogen) atoms. The van der Waals surface area contributed by atoms with Gasteiger partial charge in [-0.15, -0.1) is 0 Å². The van der Waals surface area contributed by atoms with Crippen LogP contribution in [0, 0.1) is 0 Å². The first-order chi connectivity index (χ1) is 7.76. The molecule has 1 aromatic rings. The van der Waals surface area contributed by atoms with Gasteiger partial charge in [0, 0.05) is 6.54 Å². The molecule has 1 aliphatic heterocycles. The van der Waals surface area contributed by atoms with Crippen molar-refractivity contribution >= 4 is 11.6 Å². The molecule has 1 saturated heterocycles. The van der Waals surface area contributed by atoms with Crippen LogP contribution in [0.2, 0.25) is 0 Å². The van der Waals surface area contributed by atoms with Crippen LogP contribution < -0.4 is 10.1 Å². The van der Waals surface area contributed by atoms with Crippen LogP contribution >= 0.6 is 0 Å². The molecular weight excluding hydrogens is 206 g/mol. The third-order valence-electron chi connectivity index (χ3n) is 2.66. The summed E-state index contributed by atoms with van der Waals surface area (Å²) in [5.74, 6) is 0.246. The Labute approximate surface area is 92.7 Å². The zero-order valence-corrected chi connectivity index (χ0v) is 8.80. The number of methoxy groups -OCH3 is 1. The van der Waals surface area contributed by atoms with Crippen LogP contribution in [0.25, 0.3) is 5.53 Å². The van der Waals surface area contributed by atoms with E-state index in [1.807, 2.05) is 24.3 Å². The topological polar surface area (TPSA) is 74.7 Å². The molecule has 0 spiro atoms. The molecule has 1 atom stereocenters. The van der Waals surface area contributed by atoms with Gasteiger partial charge in [0.25, 0.3) is 0 Å². The monoisotopic (exact) mass is 217 g/mol. The molecule has 0 saturated carbocycles. The molecule has 1 amide bonds. The molecule has 1 heterocycles. The lowest BCUT2D eigenvalue weighted by Gasteiger charge is -2.05. The Hall–Kier alpha value is -2.13. The molecule has 5 nitrogen and oxygen atoms in total. The summed E-state index contributed by atoms with van der Waals surface area (Å²) in [7, 11) is 1.59. The Bertz CT molecular complexity index is 461. The summed E-state index contributed by atoms with van der Waals surface area (Å²) >= 11 is 0. The van der Waals surface area contributed by atoms with Crippen molar-refractivity contribution in [3.05, 3.63) is 35.4 Å². The van der Waals surface area contributed by atoms with Crippen molar-refractivity contribution in [2.45, 2.75) is 5.92 Å². The van der Waals surface area contributed by atoms with E-state index in [1.54, 1.807) is 7.11 Å². The van der Waals surface area contributed by atoms with Gasteiger partial charge in [0.2, 0.25) is 0 Å². The van der Waals surface area contributed by atoms with Gasteiger partial charge in [-0.2, -0.15) is 4.79 Å². The Kier molecular flexibility index (Phi) is 2.70. The van der Waals surface area contributed by atoms with Gasteiger partial charge >= 0.3 is 11.6 Å². The maximum atomic E-state index is 11.3. The molecule has 1 unspecified atom stereocenters. The van der Waals surface area contributed by atoms with Crippen molar-refractivity contribution in [1.29, 1.82) is 0 Å². The van der Waals surface area contributed by atoms with Crippen LogP contribution in [0.4, 0.5) is 0 Å². The van der Waals surface area contributed by atoms with Crippen LogP contribution in [0.3, 0.4) is 0 Å². The van der Waals surface area contributed by atoms with Crippen LogP contribution in [0.1, 0.15) is 11.5 Å². The van der Waals surface area contributed by atoms with Gasteiger partial charge in [-0.1, -0.05) is 12.1 Å². The Morgan fingerprint density at radius 3 is 2.69 bits per heavy atom. The highest BCUT2D eigenvalue weighted by Crippen LogP contribution is 2.22. The lowest BCUT2D eigenvalue weighted by molar-refractivity contribution is -0.117. The van der Waals surface area contributed by atoms with E-state index in [9.17, 15) is 4.79 Å². The zero-order chi connectivity index (χ0) is 11.5. The molecule has 0 aromatic heterocycles. The van der Waals surface area contributed by atoms with E-state index in [2.05, 4.69) is 10.1 Å². The number of hydrogen-bond acceptors (Lipinski definition) is 2. The third kappa shape index (κ3) is 1.68. The highest BCUT2D eigenvalue weighted by molar-refractivity contribution is 6.40. The lowest BCUT2D eigenvalue weighted by atomic mass is 9.97. The van der Waals surface area contributed by atoms with Crippen molar-refractivity contribution in [2.24, 2.45) is 0 Å². The molecule has 2 rings (SSSR count). The lowest BCUT2D eigenvalue weighted by Crippen LogP contribution is -2.19. The summed E-state index contributed by atoms with van der Waals surface area (Å²) in [6.07, 6.45) is 0. The molecule has 0 aliphatic carbocycles. The number of ether oxygens (including phenoxy) is 1. The second-order valence-corrected chi connectivity index (χ2v) is 3.52. The van der Waals surface area contributed by atoms with E-state index in [0.717, 1.165) is 11.3 Å². The highest BCUT2D eigenvalue weighted by Gasteiger charge is 2.38. The first kappa shape index (κ1) is 10.4. The fourth-order valence-electron chi connectivity index (χ4n) is 1.77. The zero-order valence-electron chi connectivity index (χ0n) is 8.80. The number of amides is 1. The van der Waals surface area contributed by atoms with Gasteiger partial charge in [-0.25, -0.2) is 0 Å². The maximum Gasteiger partial charge on any atom is 0.364 e. The van der Waals surface area contributed by atoms with Crippen molar-refractivity contribution in [1.82, 2.24) is 5.32 Å². The first-order valence-electron chi connectivity index (χ1n) is 4.90. The molecule has 1 N–H and O–H groups in total.